The molecule has 4 nitrogen and oxygen atoms in total. The summed E-state index contributed by atoms with van der Waals surface area (Å²) >= 11 is 0. The van der Waals surface area contributed by atoms with E-state index < -0.39 is 0 Å². The average molecular weight is 274 g/mol. The van der Waals surface area contributed by atoms with Crippen molar-refractivity contribution in [3.63, 3.8) is 0 Å². The van der Waals surface area contributed by atoms with Crippen molar-refractivity contribution in [3.8, 4) is 11.5 Å². The van der Waals surface area contributed by atoms with Gasteiger partial charge in [0.15, 0.2) is 11.5 Å². The summed E-state index contributed by atoms with van der Waals surface area (Å²) in [7, 11) is 0. The predicted octanol–water partition coefficient (Wildman–Crippen LogP) is 2.47. The van der Waals surface area contributed by atoms with Gasteiger partial charge in [0.1, 0.15) is 6.61 Å². The van der Waals surface area contributed by atoms with Crippen molar-refractivity contribution in [2.24, 2.45) is 5.73 Å². The summed E-state index contributed by atoms with van der Waals surface area (Å²) < 4.78 is 13.4. The van der Waals surface area contributed by atoms with Gasteiger partial charge in [-0.05, 0) is 43.7 Å². The molecular formula is C16H22N2O2. The monoisotopic (exact) mass is 274 g/mol. The van der Waals surface area contributed by atoms with Crippen LogP contribution in [0, 0.1) is 0 Å². The molecule has 2 aromatic rings. The molecule has 0 aliphatic heterocycles. The minimum atomic E-state index is 0.612. The maximum absolute atomic E-state index is 5.79. The lowest BCUT2D eigenvalue weighted by atomic mass is 10.2. The van der Waals surface area contributed by atoms with Crippen LogP contribution in [0.1, 0.15) is 12.5 Å². The van der Waals surface area contributed by atoms with Gasteiger partial charge in [-0.1, -0.05) is 12.1 Å². The Bertz CT molecular complexity index is 523. The van der Waals surface area contributed by atoms with E-state index in [9.17, 15) is 0 Å². The van der Waals surface area contributed by atoms with Gasteiger partial charge in [0, 0.05) is 12.4 Å². The number of hydrogen-bond acceptors (Lipinski definition) is 3. The molecule has 0 saturated carbocycles. The average Bonchev–Trinajstić information content (AvgIpc) is 2.89. The van der Waals surface area contributed by atoms with Crippen LogP contribution < -0.4 is 15.2 Å². The summed E-state index contributed by atoms with van der Waals surface area (Å²) in [6.07, 6.45) is 5.09. The van der Waals surface area contributed by atoms with Crippen molar-refractivity contribution in [1.82, 2.24) is 4.57 Å². The van der Waals surface area contributed by atoms with E-state index in [2.05, 4.69) is 23.0 Å². The molecule has 0 radical (unpaired) electrons. The number of nitrogens with zero attached hydrogens (tertiary/aromatic N) is 1. The molecule has 0 saturated heterocycles. The lowest BCUT2D eigenvalue weighted by molar-refractivity contribution is 0.266. The van der Waals surface area contributed by atoms with E-state index in [4.69, 9.17) is 15.2 Å². The van der Waals surface area contributed by atoms with Gasteiger partial charge in [0.25, 0.3) is 0 Å². The Morgan fingerprint density at radius 1 is 1.10 bits per heavy atom. The van der Waals surface area contributed by atoms with Crippen LogP contribution in [0.5, 0.6) is 11.5 Å². The van der Waals surface area contributed by atoms with Gasteiger partial charge in [-0.3, -0.25) is 0 Å². The van der Waals surface area contributed by atoms with Crippen molar-refractivity contribution in [2.75, 3.05) is 19.8 Å². The molecule has 0 amide bonds. The quantitative estimate of drug-likeness (QED) is 0.804. The molecular weight excluding hydrogens is 252 g/mol. The molecule has 2 rings (SSSR count). The van der Waals surface area contributed by atoms with Crippen LogP contribution in [0.25, 0.3) is 0 Å². The van der Waals surface area contributed by atoms with Crippen LogP contribution in [0.2, 0.25) is 0 Å². The van der Waals surface area contributed by atoms with Gasteiger partial charge < -0.3 is 19.8 Å². The highest BCUT2D eigenvalue weighted by Gasteiger charge is 2.03. The molecule has 4 heteroatoms. The van der Waals surface area contributed by atoms with Gasteiger partial charge in [0.2, 0.25) is 0 Å². The summed E-state index contributed by atoms with van der Waals surface area (Å²) in [5.41, 5.74) is 6.81. The largest absolute Gasteiger partial charge is 0.490 e. The molecule has 0 aliphatic carbocycles. The van der Waals surface area contributed by atoms with Crippen molar-refractivity contribution >= 4 is 0 Å². The van der Waals surface area contributed by atoms with E-state index >= 15 is 0 Å². The minimum Gasteiger partial charge on any atom is -0.490 e. The van der Waals surface area contributed by atoms with Crippen molar-refractivity contribution < 1.29 is 9.47 Å². The fourth-order valence-corrected chi connectivity index (χ4v) is 2.05. The Kier molecular flexibility index (Phi) is 5.50. The van der Waals surface area contributed by atoms with Crippen LogP contribution >= 0.6 is 0 Å². The molecule has 108 valence electrons. The smallest absolute Gasteiger partial charge is 0.161 e. The van der Waals surface area contributed by atoms with Gasteiger partial charge in [0.05, 0.1) is 13.2 Å². The molecule has 1 aromatic heterocycles. The third kappa shape index (κ3) is 4.03. The first-order valence-electron chi connectivity index (χ1n) is 7.03. The zero-order valence-corrected chi connectivity index (χ0v) is 11.9. The van der Waals surface area contributed by atoms with Crippen LogP contribution in [0.4, 0.5) is 0 Å². The molecule has 0 fully saturated rings. The predicted molar refractivity (Wildman–Crippen MR) is 80.3 cm³/mol. The first kappa shape index (κ1) is 14.5. The first-order chi connectivity index (χ1) is 9.83. The molecule has 0 spiro atoms. The van der Waals surface area contributed by atoms with Crippen LogP contribution in [-0.4, -0.2) is 24.3 Å². The fourth-order valence-electron chi connectivity index (χ4n) is 2.05. The van der Waals surface area contributed by atoms with Gasteiger partial charge >= 0.3 is 0 Å². The van der Waals surface area contributed by atoms with E-state index in [1.165, 1.54) is 5.56 Å². The number of aromatic nitrogens is 1. The highest BCUT2D eigenvalue weighted by atomic mass is 16.5. The van der Waals surface area contributed by atoms with Crippen LogP contribution in [-0.2, 0) is 13.0 Å². The Balaban J connectivity index is 1.85. The third-order valence-corrected chi connectivity index (χ3v) is 3.00. The number of rotatable bonds is 8. The second-order valence-corrected chi connectivity index (χ2v) is 4.52. The summed E-state index contributed by atoms with van der Waals surface area (Å²) in [4.78, 5) is 0. The second kappa shape index (κ2) is 7.60. The van der Waals surface area contributed by atoms with Crippen molar-refractivity contribution in [3.05, 3.63) is 48.3 Å². The zero-order chi connectivity index (χ0) is 14.2. The van der Waals surface area contributed by atoms with E-state index in [-0.39, 0.29) is 0 Å². The highest BCUT2D eigenvalue weighted by Crippen LogP contribution is 2.26. The highest BCUT2D eigenvalue weighted by molar-refractivity contribution is 5.39. The maximum Gasteiger partial charge on any atom is 0.161 e. The standard InChI is InChI=1S/C16H22N2O2/c1-2-19-15-5-3-4-6-16(15)20-12-11-18-10-8-14(13-18)7-9-17/h3-6,8,10,13H,2,7,9,11-12,17H2,1H3. The van der Waals surface area contributed by atoms with E-state index in [0.717, 1.165) is 24.5 Å². The summed E-state index contributed by atoms with van der Waals surface area (Å²) in [6, 6.07) is 9.85. The molecule has 2 N–H and O–H groups in total. The topological polar surface area (TPSA) is 49.4 Å². The SMILES string of the molecule is CCOc1ccccc1OCCn1ccc(CCN)c1. The van der Waals surface area contributed by atoms with Crippen LogP contribution in [0.3, 0.4) is 0 Å². The van der Waals surface area contributed by atoms with E-state index in [0.29, 0.717) is 19.8 Å². The molecule has 0 atom stereocenters. The van der Waals surface area contributed by atoms with Gasteiger partial charge in [-0.2, -0.15) is 0 Å². The molecule has 1 heterocycles. The molecule has 0 bridgehead atoms. The van der Waals surface area contributed by atoms with E-state index in [1.54, 1.807) is 0 Å². The lowest BCUT2D eigenvalue weighted by Crippen LogP contribution is -2.07. The Labute approximate surface area is 120 Å². The molecule has 0 aliphatic rings. The third-order valence-electron chi connectivity index (χ3n) is 3.00. The second-order valence-electron chi connectivity index (χ2n) is 4.52. The number of nitrogens with two attached hydrogens (primary N) is 1. The maximum atomic E-state index is 5.79. The summed E-state index contributed by atoms with van der Waals surface area (Å²) in [5, 5.41) is 0. The minimum absolute atomic E-state index is 0.612. The molecule has 20 heavy (non-hydrogen) atoms. The van der Waals surface area contributed by atoms with Crippen molar-refractivity contribution in [1.29, 1.82) is 0 Å². The fraction of sp³-hybridized carbons (Fsp3) is 0.375. The lowest BCUT2D eigenvalue weighted by Gasteiger charge is -2.11. The number of para-hydroxylation sites is 2. The molecule has 0 unspecified atom stereocenters. The number of ether oxygens (including phenoxy) is 2. The number of benzene rings is 1. The molecule has 1 aromatic carbocycles. The van der Waals surface area contributed by atoms with E-state index in [1.807, 2.05) is 31.2 Å². The van der Waals surface area contributed by atoms with Gasteiger partial charge in [-0.15, -0.1) is 0 Å². The Morgan fingerprint density at radius 3 is 2.55 bits per heavy atom. The number of hydrogen-bond donors (Lipinski definition) is 1. The Hall–Kier alpha value is -1.94. The van der Waals surface area contributed by atoms with Crippen molar-refractivity contribution in [2.45, 2.75) is 19.9 Å². The van der Waals surface area contributed by atoms with Crippen LogP contribution in [0.15, 0.2) is 42.7 Å². The Morgan fingerprint density at radius 2 is 1.85 bits per heavy atom. The zero-order valence-electron chi connectivity index (χ0n) is 11.9. The summed E-state index contributed by atoms with van der Waals surface area (Å²) in [6.45, 7) is 4.71. The summed E-state index contributed by atoms with van der Waals surface area (Å²) in [5.74, 6) is 1.59. The first-order valence-corrected chi connectivity index (χ1v) is 7.03. The van der Waals surface area contributed by atoms with Gasteiger partial charge in [-0.25, -0.2) is 0 Å². The normalized spacial score (nSPS) is 10.5.